The van der Waals surface area contributed by atoms with Crippen LogP contribution >= 0.6 is 0 Å². The molecule has 7 heteroatoms. The van der Waals surface area contributed by atoms with Gasteiger partial charge in [-0.1, -0.05) is 5.10 Å². The van der Waals surface area contributed by atoms with Gasteiger partial charge in [0.1, 0.15) is 5.69 Å². The maximum absolute atomic E-state index is 13.0. The van der Waals surface area contributed by atoms with Crippen LogP contribution in [0.5, 0.6) is 0 Å². The second-order valence-electron chi connectivity index (χ2n) is 7.94. The number of hydrogen-bond acceptors (Lipinski definition) is 5. The largest absolute Gasteiger partial charge is 0.401 e. The van der Waals surface area contributed by atoms with E-state index in [0.717, 1.165) is 37.0 Å². The van der Waals surface area contributed by atoms with E-state index in [1.807, 2.05) is 13.2 Å². The predicted molar refractivity (Wildman–Crippen MR) is 85.7 cm³/mol. The molecule has 6 rings (SSSR count). The summed E-state index contributed by atoms with van der Waals surface area (Å²) in [6, 6.07) is 1.98. The average molecular weight is 327 g/mol. The first-order valence-electron chi connectivity index (χ1n) is 8.75. The number of amides is 1. The Morgan fingerprint density at radius 2 is 1.88 bits per heavy atom. The highest BCUT2D eigenvalue weighted by Crippen LogP contribution is 2.60. The van der Waals surface area contributed by atoms with E-state index in [1.165, 1.54) is 19.3 Å². The molecule has 126 valence electrons. The van der Waals surface area contributed by atoms with Crippen molar-refractivity contribution < 1.29 is 9.21 Å². The third-order valence-corrected chi connectivity index (χ3v) is 6.10. The lowest BCUT2D eigenvalue weighted by Gasteiger charge is -2.55. The van der Waals surface area contributed by atoms with Crippen molar-refractivity contribution in [2.45, 2.75) is 38.5 Å². The Hall–Kier alpha value is -2.18. The van der Waals surface area contributed by atoms with E-state index in [-0.39, 0.29) is 17.3 Å². The molecular formula is C17H21N5O2. The Labute approximate surface area is 139 Å². The zero-order valence-corrected chi connectivity index (χ0v) is 13.7. The number of carbonyl (C=O) groups excluding carboxylic acids is 1. The van der Waals surface area contributed by atoms with Gasteiger partial charge in [0.2, 0.25) is 5.91 Å². The molecule has 1 N–H and O–H groups in total. The molecule has 1 amide bonds. The standard InChI is InChI=1S/C17H21N5O2/c1-22-3-2-13(21-22)14-19-20-16(24-14)18-15(23)17-7-10-4-11(8-17)6-12(5-10)9-17/h2-3,10-12H,4-9H2,1H3,(H,18,20,23). The number of carbonyl (C=O) groups is 1. The number of aromatic nitrogens is 4. The van der Waals surface area contributed by atoms with Gasteiger partial charge >= 0.3 is 6.01 Å². The number of anilines is 1. The van der Waals surface area contributed by atoms with Crippen LogP contribution in [-0.4, -0.2) is 25.9 Å². The van der Waals surface area contributed by atoms with Gasteiger partial charge in [-0.15, -0.1) is 5.10 Å². The topological polar surface area (TPSA) is 85.8 Å². The fraction of sp³-hybridized carbons (Fsp3) is 0.647. The van der Waals surface area contributed by atoms with E-state index in [9.17, 15) is 4.79 Å². The van der Waals surface area contributed by atoms with Crippen LogP contribution in [0.3, 0.4) is 0 Å². The van der Waals surface area contributed by atoms with E-state index >= 15 is 0 Å². The molecule has 0 atom stereocenters. The van der Waals surface area contributed by atoms with Crippen LogP contribution < -0.4 is 5.32 Å². The van der Waals surface area contributed by atoms with Gasteiger partial charge in [-0.05, 0) is 62.3 Å². The van der Waals surface area contributed by atoms with Gasteiger partial charge in [0.25, 0.3) is 5.89 Å². The monoisotopic (exact) mass is 327 g/mol. The second-order valence-corrected chi connectivity index (χ2v) is 7.94. The molecule has 2 aromatic rings. The second kappa shape index (κ2) is 4.91. The molecule has 2 heterocycles. The number of nitrogens with one attached hydrogen (secondary N) is 1. The summed E-state index contributed by atoms with van der Waals surface area (Å²) in [5, 5.41) is 15.1. The van der Waals surface area contributed by atoms with Crippen molar-refractivity contribution in [3.05, 3.63) is 12.3 Å². The number of aryl methyl sites for hydroxylation is 1. The van der Waals surface area contributed by atoms with Gasteiger partial charge in [-0.3, -0.25) is 14.8 Å². The fourth-order valence-electron chi connectivity index (χ4n) is 5.52. The summed E-state index contributed by atoms with van der Waals surface area (Å²) in [5.74, 6) is 2.59. The summed E-state index contributed by atoms with van der Waals surface area (Å²) in [4.78, 5) is 13.0. The van der Waals surface area contributed by atoms with Crippen molar-refractivity contribution in [1.82, 2.24) is 20.0 Å². The molecule has 0 unspecified atom stereocenters. The molecular weight excluding hydrogens is 306 g/mol. The molecule has 2 aromatic heterocycles. The maximum atomic E-state index is 13.0. The lowest BCUT2D eigenvalue weighted by Crippen LogP contribution is -2.51. The normalized spacial score (nSPS) is 33.8. The first-order chi connectivity index (χ1) is 11.6. The Morgan fingerprint density at radius 1 is 1.21 bits per heavy atom. The molecule has 0 aliphatic heterocycles. The molecule has 24 heavy (non-hydrogen) atoms. The van der Waals surface area contributed by atoms with Gasteiger partial charge in [0.05, 0.1) is 5.41 Å². The zero-order chi connectivity index (χ0) is 16.3. The Morgan fingerprint density at radius 3 is 2.46 bits per heavy atom. The van der Waals surface area contributed by atoms with Crippen LogP contribution in [0.25, 0.3) is 11.6 Å². The van der Waals surface area contributed by atoms with Gasteiger partial charge in [0, 0.05) is 13.2 Å². The van der Waals surface area contributed by atoms with Crippen LogP contribution in [0, 0.1) is 23.2 Å². The summed E-state index contributed by atoms with van der Waals surface area (Å²) in [6.45, 7) is 0. The van der Waals surface area contributed by atoms with Gasteiger partial charge in [-0.25, -0.2) is 0 Å². The molecule has 0 aromatic carbocycles. The average Bonchev–Trinajstić information content (AvgIpc) is 3.15. The van der Waals surface area contributed by atoms with Crippen molar-refractivity contribution in [1.29, 1.82) is 0 Å². The SMILES string of the molecule is Cn1ccc(-c2nnc(NC(=O)C34CC5CC(CC(C5)C3)C4)o2)n1. The molecule has 0 spiro atoms. The third kappa shape index (κ3) is 2.17. The van der Waals surface area contributed by atoms with Gasteiger partial charge < -0.3 is 4.42 Å². The Kier molecular flexibility index (Phi) is 2.90. The van der Waals surface area contributed by atoms with E-state index in [1.54, 1.807) is 10.7 Å². The lowest BCUT2D eigenvalue weighted by molar-refractivity contribution is -0.140. The quantitative estimate of drug-likeness (QED) is 0.936. The molecule has 4 aliphatic rings. The highest BCUT2D eigenvalue weighted by Gasteiger charge is 2.54. The number of nitrogens with zero attached hydrogens (tertiary/aromatic N) is 4. The van der Waals surface area contributed by atoms with Crippen LogP contribution in [-0.2, 0) is 11.8 Å². The summed E-state index contributed by atoms with van der Waals surface area (Å²) in [6.07, 6.45) is 8.82. The van der Waals surface area contributed by atoms with E-state index in [4.69, 9.17) is 4.42 Å². The van der Waals surface area contributed by atoms with E-state index in [2.05, 4.69) is 20.6 Å². The maximum Gasteiger partial charge on any atom is 0.322 e. The van der Waals surface area contributed by atoms with Crippen molar-refractivity contribution >= 4 is 11.9 Å². The summed E-state index contributed by atoms with van der Waals surface area (Å²) < 4.78 is 7.26. The fourth-order valence-corrected chi connectivity index (χ4v) is 5.52. The Bertz CT molecular complexity index is 757. The van der Waals surface area contributed by atoms with E-state index in [0.29, 0.717) is 11.6 Å². The van der Waals surface area contributed by atoms with Crippen molar-refractivity contribution in [2.75, 3.05) is 5.32 Å². The third-order valence-electron chi connectivity index (χ3n) is 6.10. The minimum absolute atomic E-state index is 0.0674. The highest BCUT2D eigenvalue weighted by atomic mass is 16.4. The minimum atomic E-state index is -0.214. The molecule has 4 saturated carbocycles. The van der Waals surface area contributed by atoms with Crippen molar-refractivity contribution in [2.24, 2.45) is 30.2 Å². The first-order valence-corrected chi connectivity index (χ1v) is 8.75. The smallest absolute Gasteiger partial charge is 0.322 e. The number of hydrogen-bond donors (Lipinski definition) is 1. The lowest BCUT2D eigenvalue weighted by atomic mass is 9.49. The molecule has 4 fully saturated rings. The summed E-state index contributed by atoms with van der Waals surface area (Å²) in [5.41, 5.74) is 0.397. The molecule has 0 radical (unpaired) electrons. The van der Waals surface area contributed by atoms with Crippen molar-refractivity contribution in [3.63, 3.8) is 0 Å². The molecule has 0 saturated heterocycles. The van der Waals surface area contributed by atoms with Crippen LogP contribution in [0.2, 0.25) is 0 Å². The van der Waals surface area contributed by atoms with Crippen molar-refractivity contribution in [3.8, 4) is 11.6 Å². The highest BCUT2D eigenvalue weighted by molar-refractivity contribution is 5.94. The Balaban J connectivity index is 1.35. The summed E-state index contributed by atoms with van der Waals surface area (Å²) >= 11 is 0. The van der Waals surface area contributed by atoms with Crippen LogP contribution in [0.4, 0.5) is 6.01 Å². The zero-order valence-electron chi connectivity index (χ0n) is 13.7. The predicted octanol–water partition coefficient (Wildman–Crippen LogP) is 2.63. The molecule has 7 nitrogen and oxygen atoms in total. The summed E-state index contributed by atoms with van der Waals surface area (Å²) in [7, 11) is 1.83. The van der Waals surface area contributed by atoms with E-state index < -0.39 is 0 Å². The first kappa shape index (κ1) is 14.2. The van der Waals surface area contributed by atoms with Crippen LogP contribution in [0.15, 0.2) is 16.7 Å². The minimum Gasteiger partial charge on any atom is -0.401 e. The molecule has 4 bridgehead atoms. The van der Waals surface area contributed by atoms with Gasteiger partial charge in [-0.2, -0.15) is 5.10 Å². The molecule has 4 aliphatic carbocycles. The van der Waals surface area contributed by atoms with Gasteiger partial charge in [0.15, 0.2) is 0 Å². The van der Waals surface area contributed by atoms with Crippen LogP contribution in [0.1, 0.15) is 38.5 Å². The number of rotatable bonds is 3.